The van der Waals surface area contributed by atoms with Crippen LogP contribution >= 0.6 is 11.3 Å². The lowest BCUT2D eigenvalue weighted by atomic mass is 9.99. The Bertz CT molecular complexity index is 906. The molecule has 1 amide bonds. The molecule has 4 nitrogen and oxygen atoms in total. The van der Waals surface area contributed by atoms with Crippen LogP contribution in [0.1, 0.15) is 29.5 Å². The van der Waals surface area contributed by atoms with Crippen LogP contribution in [-0.2, 0) is 4.79 Å². The third kappa shape index (κ3) is 3.22. The van der Waals surface area contributed by atoms with E-state index >= 15 is 0 Å². The number of hydrogen-bond acceptors (Lipinski definition) is 4. The minimum atomic E-state index is -0.253. The molecule has 1 aromatic heterocycles. The second-order valence-electron chi connectivity index (χ2n) is 5.43. The molecule has 0 aliphatic carbocycles. The summed E-state index contributed by atoms with van der Waals surface area (Å²) in [5.74, 6) is -0.342. The summed E-state index contributed by atoms with van der Waals surface area (Å²) < 4.78 is 0.891. The molecule has 23 heavy (non-hydrogen) atoms. The topological polar surface area (TPSA) is 65.8 Å². The van der Waals surface area contributed by atoms with E-state index in [0.717, 1.165) is 15.8 Å². The summed E-state index contributed by atoms with van der Waals surface area (Å²) in [6, 6.07) is 15.3. The van der Waals surface area contributed by atoms with Gasteiger partial charge in [-0.15, -0.1) is 0 Å². The normalized spacial score (nSPS) is 11.9. The Labute approximate surface area is 138 Å². The minimum Gasteiger partial charge on any atom is -0.301 e. The zero-order valence-electron chi connectivity index (χ0n) is 12.8. The predicted molar refractivity (Wildman–Crippen MR) is 92.6 cm³/mol. The molecule has 0 saturated heterocycles. The Hall–Kier alpha value is -2.71. The van der Waals surface area contributed by atoms with Crippen molar-refractivity contribution in [3.05, 3.63) is 59.2 Å². The summed E-state index contributed by atoms with van der Waals surface area (Å²) in [5, 5.41) is 12.4. The standard InChI is InChI=1S/C18H15N3OS/c1-11-3-6-14(7-4-11)12(2)17(22)21-18-20-15-8-5-13(10-19)9-16(15)23-18/h3-9,12H,1-2H3,(H,20,21,22). The van der Waals surface area contributed by atoms with E-state index in [0.29, 0.717) is 10.7 Å². The van der Waals surface area contributed by atoms with Crippen LogP contribution in [0.4, 0.5) is 5.13 Å². The quantitative estimate of drug-likeness (QED) is 0.785. The third-order valence-corrected chi connectivity index (χ3v) is 4.65. The molecule has 1 unspecified atom stereocenters. The maximum atomic E-state index is 12.4. The van der Waals surface area contributed by atoms with Gasteiger partial charge in [-0.3, -0.25) is 4.79 Å². The van der Waals surface area contributed by atoms with Gasteiger partial charge >= 0.3 is 0 Å². The molecule has 5 heteroatoms. The highest BCUT2D eigenvalue weighted by Crippen LogP contribution is 2.28. The summed E-state index contributed by atoms with van der Waals surface area (Å²) in [6.45, 7) is 3.90. The zero-order valence-corrected chi connectivity index (χ0v) is 13.6. The van der Waals surface area contributed by atoms with Gasteiger partial charge in [0.05, 0.1) is 27.8 Å². The van der Waals surface area contributed by atoms with Crippen molar-refractivity contribution in [1.29, 1.82) is 5.26 Å². The molecular formula is C18H15N3OS. The second-order valence-corrected chi connectivity index (χ2v) is 6.47. The number of nitriles is 1. The minimum absolute atomic E-state index is 0.0894. The van der Waals surface area contributed by atoms with Crippen LogP contribution < -0.4 is 5.32 Å². The lowest BCUT2D eigenvalue weighted by Crippen LogP contribution is -2.18. The number of aromatic nitrogens is 1. The van der Waals surface area contributed by atoms with E-state index in [9.17, 15) is 4.79 Å². The highest BCUT2D eigenvalue weighted by molar-refractivity contribution is 7.22. The molecule has 114 valence electrons. The van der Waals surface area contributed by atoms with Crippen molar-refractivity contribution in [3.8, 4) is 6.07 Å². The molecule has 1 atom stereocenters. The van der Waals surface area contributed by atoms with E-state index in [-0.39, 0.29) is 11.8 Å². The van der Waals surface area contributed by atoms with Crippen molar-refractivity contribution >= 4 is 32.6 Å². The van der Waals surface area contributed by atoms with Gasteiger partial charge in [0, 0.05) is 0 Å². The van der Waals surface area contributed by atoms with Gasteiger partial charge < -0.3 is 5.32 Å². The van der Waals surface area contributed by atoms with Gasteiger partial charge in [0.1, 0.15) is 0 Å². The van der Waals surface area contributed by atoms with Gasteiger partial charge in [-0.2, -0.15) is 5.26 Å². The third-order valence-electron chi connectivity index (χ3n) is 3.72. The fourth-order valence-electron chi connectivity index (χ4n) is 2.27. The van der Waals surface area contributed by atoms with Crippen molar-refractivity contribution in [2.24, 2.45) is 0 Å². The fourth-order valence-corrected chi connectivity index (χ4v) is 3.18. The van der Waals surface area contributed by atoms with E-state index in [4.69, 9.17) is 5.26 Å². The van der Waals surface area contributed by atoms with Gasteiger partial charge in [-0.1, -0.05) is 41.2 Å². The first-order chi connectivity index (χ1) is 11.1. The van der Waals surface area contributed by atoms with E-state index in [2.05, 4.69) is 16.4 Å². The molecule has 0 aliphatic heterocycles. The molecule has 0 radical (unpaired) electrons. The summed E-state index contributed by atoms with van der Waals surface area (Å²) in [7, 11) is 0. The molecule has 0 spiro atoms. The van der Waals surface area contributed by atoms with Crippen LogP contribution in [0, 0.1) is 18.3 Å². The Balaban J connectivity index is 1.79. The lowest BCUT2D eigenvalue weighted by Gasteiger charge is -2.11. The largest absolute Gasteiger partial charge is 0.301 e. The van der Waals surface area contributed by atoms with Crippen LogP contribution in [0.2, 0.25) is 0 Å². The van der Waals surface area contributed by atoms with Crippen molar-refractivity contribution in [1.82, 2.24) is 4.98 Å². The Morgan fingerprint density at radius 1 is 1.26 bits per heavy atom. The summed E-state index contributed by atoms with van der Waals surface area (Å²) in [5.41, 5.74) is 3.51. The number of fused-ring (bicyclic) bond motifs is 1. The number of rotatable bonds is 3. The van der Waals surface area contributed by atoms with E-state index in [1.54, 1.807) is 18.2 Å². The van der Waals surface area contributed by atoms with Crippen LogP contribution in [0.3, 0.4) is 0 Å². The number of anilines is 1. The number of benzene rings is 2. The first-order valence-electron chi connectivity index (χ1n) is 7.25. The number of nitrogens with one attached hydrogen (secondary N) is 1. The van der Waals surface area contributed by atoms with Crippen LogP contribution in [-0.4, -0.2) is 10.9 Å². The van der Waals surface area contributed by atoms with Crippen LogP contribution in [0.15, 0.2) is 42.5 Å². The Morgan fingerprint density at radius 3 is 2.70 bits per heavy atom. The first-order valence-corrected chi connectivity index (χ1v) is 8.06. The zero-order chi connectivity index (χ0) is 16.4. The Kier molecular flexibility index (Phi) is 4.09. The number of hydrogen-bond donors (Lipinski definition) is 1. The van der Waals surface area contributed by atoms with Crippen molar-refractivity contribution in [2.45, 2.75) is 19.8 Å². The van der Waals surface area contributed by atoms with Crippen molar-refractivity contribution < 1.29 is 4.79 Å². The molecular weight excluding hydrogens is 306 g/mol. The molecule has 0 saturated carbocycles. The number of amides is 1. The molecule has 0 bridgehead atoms. The molecule has 1 N–H and O–H groups in total. The van der Waals surface area contributed by atoms with E-state index < -0.39 is 0 Å². The van der Waals surface area contributed by atoms with Gasteiger partial charge in [0.25, 0.3) is 0 Å². The number of carbonyl (C=O) groups excluding carboxylic acids is 1. The first kappa shape index (κ1) is 15.2. The number of aryl methyl sites for hydroxylation is 1. The van der Waals surface area contributed by atoms with E-state index in [1.807, 2.05) is 38.1 Å². The number of carbonyl (C=O) groups is 1. The molecule has 1 heterocycles. The van der Waals surface area contributed by atoms with Crippen molar-refractivity contribution in [2.75, 3.05) is 5.32 Å². The summed E-state index contributed by atoms with van der Waals surface area (Å²) in [6.07, 6.45) is 0. The van der Waals surface area contributed by atoms with E-state index in [1.165, 1.54) is 16.9 Å². The highest BCUT2D eigenvalue weighted by Gasteiger charge is 2.17. The van der Waals surface area contributed by atoms with Gasteiger partial charge in [-0.05, 0) is 37.6 Å². The van der Waals surface area contributed by atoms with Crippen molar-refractivity contribution in [3.63, 3.8) is 0 Å². The molecule has 0 fully saturated rings. The van der Waals surface area contributed by atoms with Crippen LogP contribution in [0.25, 0.3) is 10.2 Å². The maximum absolute atomic E-state index is 12.4. The summed E-state index contributed by atoms with van der Waals surface area (Å²) in [4.78, 5) is 16.8. The average Bonchev–Trinajstić information content (AvgIpc) is 2.95. The maximum Gasteiger partial charge on any atom is 0.233 e. The van der Waals surface area contributed by atoms with Gasteiger partial charge in [0.2, 0.25) is 5.91 Å². The number of nitrogens with zero attached hydrogens (tertiary/aromatic N) is 2. The van der Waals surface area contributed by atoms with Gasteiger partial charge in [-0.25, -0.2) is 4.98 Å². The fraction of sp³-hybridized carbons (Fsp3) is 0.167. The highest BCUT2D eigenvalue weighted by atomic mass is 32.1. The predicted octanol–water partition coefficient (Wildman–Crippen LogP) is 4.22. The summed E-state index contributed by atoms with van der Waals surface area (Å²) >= 11 is 1.38. The lowest BCUT2D eigenvalue weighted by molar-refractivity contribution is -0.117. The average molecular weight is 321 g/mol. The van der Waals surface area contributed by atoms with Crippen LogP contribution in [0.5, 0.6) is 0 Å². The Morgan fingerprint density at radius 2 is 2.00 bits per heavy atom. The van der Waals surface area contributed by atoms with Gasteiger partial charge in [0.15, 0.2) is 5.13 Å². The second kappa shape index (κ2) is 6.19. The SMILES string of the molecule is Cc1ccc(C(C)C(=O)Nc2nc3ccc(C#N)cc3s2)cc1. The monoisotopic (exact) mass is 321 g/mol. The molecule has 0 aliphatic rings. The number of thiazole rings is 1. The molecule has 3 aromatic rings. The smallest absolute Gasteiger partial charge is 0.233 e. The molecule has 3 rings (SSSR count). The molecule has 2 aromatic carbocycles.